The predicted molar refractivity (Wildman–Crippen MR) is 130 cm³/mol. The van der Waals surface area contributed by atoms with E-state index in [0.29, 0.717) is 16.6 Å². The third-order valence-electron chi connectivity index (χ3n) is 5.69. The lowest BCUT2D eigenvalue weighted by Gasteiger charge is -2.33. The van der Waals surface area contributed by atoms with Gasteiger partial charge in [0.05, 0.1) is 12.8 Å². The molecule has 1 aliphatic heterocycles. The monoisotopic (exact) mass is 523 g/mol. The van der Waals surface area contributed by atoms with Gasteiger partial charge in [0.1, 0.15) is 11.1 Å². The van der Waals surface area contributed by atoms with Crippen molar-refractivity contribution in [1.82, 2.24) is 15.3 Å². The number of nitrogens with two attached hydrogens (primary N) is 1. The lowest BCUT2D eigenvalue weighted by atomic mass is 9.96. The van der Waals surface area contributed by atoms with E-state index >= 15 is 0 Å². The minimum Gasteiger partial charge on any atom is -0.481 e. The van der Waals surface area contributed by atoms with Crippen LogP contribution in [-0.2, 0) is 14.4 Å². The van der Waals surface area contributed by atoms with Gasteiger partial charge in [-0.2, -0.15) is 4.98 Å². The van der Waals surface area contributed by atoms with Crippen molar-refractivity contribution in [2.24, 2.45) is 0 Å². The smallest absolute Gasteiger partial charge is 0.336 e. The Hall–Kier alpha value is -3.68. The first-order chi connectivity index (χ1) is 16.9. The Balaban J connectivity index is 0.000000240. The van der Waals surface area contributed by atoms with Crippen LogP contribution in [0, 0.1) is 0 Å². The van der Waals surface area contributed by atoms with Crippen molar-refractivity contribution in [3.05, 3.63) is 23.2 Å². The number of aliphatic carboxylic acids is 3. The number of aliphatic hydroxyl groups is 1. The van der Waals surface area contributed by atoms with Crippen LogP contribution in [0.2, 0.25) is 5.02 Å². The molecule has 0 unspecified atom stereocenters. The number of carbonyl (C=O) groups is 3. The summed E-state index contributed by atoms with van der Waals surface area (Å²) in [7, 11) is 1.99. The highest BCUT2D eigenvalue weighted by atomic mass is 35.5. The molecule has 14 heteroatoms. The van der Waals surface area contributed by atoms with Gasteiger partial charge < -0.3 is 40.8 Å². The van der Waals surface area contributed by atoms with E-state index in [4.69, 9.17) is 42.2 Å². The fraction of sp³-hybridized carbons (Fsp3) is 0.409. The minimum atomic E-state index is -2.74. The number of nitrogens with one attached hydrogen (secondary N) is 1. The summed E-state index contributed by atoms with van der Waals surface area (Å²) in [6, 6.07) is 5.95. The number of anilines is 2. The number of aromatic nitrogens is 2. The Morgan fingerprint density at radius 2 is 1.89 bits per heavy atom. The van der Waals surface area contributed by atoms with Gasteiger partial charge in [-0.25, -0.2) is 9.78 Å². The number of hydrogen-bond donors (Lipinski definition) is 6. The van der Waals surface area contributed by atoms with Crippen molar-refractivity contribution in [2.45, 2.75) is 37.3 Å². The van der Waals surface area contributed by atoms with Gasteiger partial charge in [0.15, 0.2) is 17.0 Å². The lowest BCUT2D eigenvalue weighted by Crippen LogP contribution is -2.44. The lowest BCUT2D eigenvalue weighted by molar-refractivity contribution is -0.170. The molecule has 13 nitrogen and oxygen atoms in total. The van der Waals surface area contributed by atoms with E-state index in [0.717, 1.165) is 48.2 Å². The molecule has 3 heterocycles. The average Bonchev–Trinajstić information content (AvgIpc) is 3.15. The number of fused-ring (bicyclic) bond motifs is 3. The predicted octanol–water partition coefficient (Wildman–Crippen LogP) is 1.55. The second-order valence-electron chi connectivity index (χ2n) is 8.38. The molecule has 0 bridgehead atoms. The van der Waals surface area contributed by atoms with Crippen molar-refractivity contribution in [3.63, 3.8) is 0 Å². The van der Waals surface area contributed by atoms with Gasteiger partial charge in [0, 0.05) is 29.5 Å². The zero-order valence-electron chi connectivity index (χ0n) is 19.3. The van der Waals surface area contributed by atoms with Gasteiger partial charge in [-0.15, -0.1) is 0 Å². The van der Waals surface area contributed by atoms with Gasteiger partial charge >= 0.3 is 17.9 Å². The maximum absolute atomic E-state index is 10.3. The first-order valence-corrected chi connectivity index (χ1v) is 11.3. The Morgan fingerprint density at radius 3 is 2.47 bits per heavy atom. The molecule has 1 aromatic carbocycles. The number of nitrogen functional groups attached to an aromatic ring is 1. The number of piperidine rings is 1. The van der Waals surface area contributed by atoms with Gasteiger partial charge in [-0.1, -0.05) is 11.6 Å². The van der Waals surface area contributed by atoms with Gasteiger partial charge in [0.2, 0.25) is 5.95 Å². The molecule has 0 amide bonds. The minimum absolute atomic E-state index is 0.252. The summed E-state index contributed by atoms with van der Waals surface area (Å²) in [6.07, 6.45) is -0.0291. The number of benzene rings is 1. The molecule has 2 aromatic heterocycles. The van der Waals surface area contributed by atoms with Crippen LogP contribution in [0.25, 0.3) is 22.1 Å². The van der Waals surface area contributed by atoms with Crippen molar-refractivity contribution >= 4 is 63.3 Å². The van der Waals surface area contributed by atoms with Crippen LogP contribution < -0.4 is 16.0 Å². The zero-order chi connectivity index (χ0) is 26.6. The molecule has 1 aliphatic rings. The first-order valence-electron chi connectivity index (χ1n) is 10.9. The topological polar surface area (TPSA) is 212 Å². The molecular formula is C22H26ClN5O8. The normalized spacial score (nSPS) is 16.0. The standard InChI is InChI=1S/C16H18ClN5O.C6H8O7/c1-19-10-3-2-6-22(8-10)15-14-13(20-16(18)21-15)11-7-9(17)4-5-12(11)23-14;7-3(8)1-6(13,5(11)12)2-4(9)10/h4-5,7,10,19H,2-3,6,8H2,1H3,(H2,18,20,21);13H,1-2H2,(H,7,8)(H,9,10)(H,11,12)/t10-;/m0./s1. The quantitative estimate of drug-likeness (QED) is 0.259. The average molecular weight is 524 g/mol. The number of carboxylic acid groups (broad SMARTS) is 3. The number of hydrogen-bond acceptors (Lipinski definition) is 10. The highest BCUT2D eigenvalue weighted by molar-refractivity contribution is 6.31. The number of nitrogens with zero attached hydrogens (tertiary/aromatic N) is 3. The number of rotatable bonds is 7. The molecule has 0 spiro atoms. The van der Waals surface area contributed by atoms with E-state index in [-0.39, 0.29) is 5.95 Å². The Morgan fingerprint density at radius 1 is 1.22 bits per heavy atom. The van der Waals surface area contributed by atoms with E-state index in [1.54, 1.807) is 6.07 Å². The number of likely N-dealkylation sites (N-methyl/N-ethyl adjacent to an activating group) is 1. The third-order valence-corrected chi connectivity index (χ3v) is 5.92. The summed E-state index contributed by atoms with van der Waals surface area (Å²) in [5.41, 5.74) is 5.35. The van der Waals surface area contributed by atoms with Crippen LogP contribution in [0.4, 0.5) is 11.8 Å². The Kier molecular flexibility index (Phi) is 8.17. The van der Waals surface area contributed by atoms with Crippen LogP contribution >= 0.6 is 11.6 Å². The molecule has 4 rings (SSSR count). The highest BCUT2D eigenvalue weighted by Crippen LogP contribution is 2.35. The number of carboxylic acids is 3. The SMILES string of the molecule is CN[C@H]1CCCN(c2nc(N)nc3c2oc2ccc(Cl)cc23)C1.O=C(O)CC(O)(CC(=O)O)C(=O)O. The summed E-state index contributed by atoms with van der Waals surface area (Å²) in [5, 5.41) is 38.7. The second kappa shape index (κ2) is 10.9. The summed E-state index contributed by atoms with van der Waals surface area (Å²) >= 11 is 6.11. The van der Waals surface area contributed by atoms with E-state index < -0.39 is 36.4 Å². The molecule has 7 N–H and O–H groups in total. The van der Waals surface area contributed by atoms with Gasteiger partial charge in [-0.05, 0) is 38.1 Å². The third kappa shape index (κ3) is 6.11. The fourth-order valence-electron chi connectivity index (χ4n) is 3.95. The molecule has 1 saturated heterocycles. The fourth-order valence-corrected chi connectivity index (χ4v) is 4.12. The molecule has 0 saturated carbocycles. The maximum Gasteiger partial charge on any atom is 0.336 e. The summed E-state index contributed by atoms with van der Waals surface area (Å²) in [4.78, 5) is 41.5. The first kappa shape index (κ1) is 26.9. The summed E-state index contributed by atoms with van der Waals surface area (Å²) in [5.74, 6) is -4.00. The molecule has 1 atom stereocenters. The van der Waals surface area contributed by atoms with Crippen LogP contribution in [0.3, 0.4) is 0 Å². The number of furan rings is 1. The maximum atomic E-state index is 10.3. The van der Waals surface area contributed by atoms with Crippen molar-refractivity contribution in [3.8, 4) is 0 Å². The molecule has 0 aliphatic carbocycles. The molecule has 3 aromatic rings. The van der Waals surface area contributed by atoms with Crippen molar-refractivity contribution in [2.75, 3.05) is 30.8 Å². The highest BCUT2D eigenvalue weighted by Gasteiger charge is 2.40. The van der Waals surface area contributed by atoms with Gasteiger partial charge in [-0.3, -0.25) is 9.59 Å². The van der Waals surface area contributed by atoms with Crippen LogP contribution in [-0.4, -0.2) is 80.1 Å². The molecular weight excluding hydrogens is 498 g/mol. The zero-order valence-corrected chi connectivity index (χ0v) is 20.0. The molecule has 194 valence electrons. The number of halogens is 1. The summed E-state index contributed by atoms with van der Waals surface area (Å²) in [6.45, 7) is 1.81. The second-order valence-corrected chi connectivity index (χ2v) is 8.81. The van der Waals surface area contributed by atoms with E-state index in [1.165, 1.54) is 0 Å². The molecule has 1 fully saturated rings. The van der Waals surface area contributed by atoms with E-state index in [1.807, 2.05) is 19.2 Å². The molecule has 36 heavy (non-hydrogen) atoms. The van der Waals surface area contributed by atoms with Gasteiger partial charge in [0.25, 0.3) is 0 Å². The summed E-state index contributed by atoms with van der Waals surface area (Å²) < 4.78 is 6.01. The van der Waals surface area contributed by atoms with E-state index in [9.17, 15) is 14.4 Å². The van der Waals surface area contributed by atoms with Crippen LogP contribution in [0.15, 0.2) is 22.6 Å². The van der Waals surface area contributed by atoms with Crippen molar-refractivity contribution in [1.29, 1.82) is 0 Å². The molecule has 0 radical (unpaired) electrons. The Labute approximate surface area is 209 Å². The van der Waals surface area contributed by atoms with Crippen LogP contribution in [0.1, 0.15) is 25.7 Å². The van der Waals surface area contributed by atoms with Crippen LogP contribution in [0.5, 0.6) is 0 Å². The Bertz CT molecular complexity index is 1280. The van der Waals surface area contributed by atoms with Crippen molar-refractivity contribution < 1.29 is 39.2 Å². The van der Waals surface area contributed by atoms with E-state index in [2.05, 4.69) is 20.2 Å². The largest absolute Gasteiger partial charge is 0.481 e.